The van der Waals surface area contributed by atoms with Crippen molar-refractivity contribution in [2.45, 2.75) is 32.4 Å². The summed E-state index contributed by atoms with van der Waals surface area (Å²) in [5, 5.41) is 2.85. The number of nitrogens with zero attached hydrogens (tertiary/aromatic N) is 1. The van der Waals surface area contributed by atoms with Crippen molar-refractivity contribution >= 4 is 5.91 Å². The number of amides is 1. The Morgan fingerprint density at radius 3 is 2.62 bits per heavy atom. The summed E-state index contributed by atoms with van der Waals surface area (Å²) in [7, 11) is 0. The highest BCUT2D eigenvalue weighted by Gasteiger charge is 2.12. The molecule has 0 aliphatic carbocycles. The maximum atomic E-state index is 11.9. The third-order valence-electron chi connectivity index (χ3n) is 3.36. The molecule has 1 heterocycles. The minimum absolute atomic E-state index is 0.119. The van der Waals surface area contributed by atoms with Gasteiger partial charge in [0.2, 0.25) is 5.91 Å². The van der Waals surface area contributed by atoms with Crippen LogP contribution in [0.2, 0.25) is 0 Å². The van der Waals surface area contributed by atoms with Crippen LogP contribution in [0.3, 0.4) is 0 Å². The summed E-state index contributed by atoms with van der Waals surface area (Å²) in [6.45, 7) is 2.40. The number of carbonyl (C=O) groups excluding carboxylic acids is 1. The summed E-state index contributed by atoms with van der Waals surface area (Å²) >= 11 is 0. The molecule has 1 aromatic carbocycles. The van der Waals surface area contributed by atoms with Gasteiger partial charge in [0, 0.05) is 18.4 Å². The fourth-order valence-electron chi connectivity index (χ4n) is 2.02. The molecule has 0 aliphatic heterocycles. The van der Waals surface area contributed by atoms with Crippen LogP contribution in [0.5, 0.6) is 0 Å². The fourth-order valence-corrected chi connectivity index (χ4v) is 2.02. The number of hydrogen-bond donors (Lipinski definition) is 2. The first-order valence-corrected chi connectivity index (χ1v) is 7.14. The number of benzene rings is 1. The molecule has 21 heavy (non-hydrogen) atoms. The minimum atomic E-state index is -0.483. The van der Waals surface area contributed by atoms with Gasteiger partial charge in [-0.05, 0) is 37.0 Å². The lowest BCUT2D eigenvalue weighted by molar-refractivity contribution is -0.122. The minimum Gasteiger partial charge on any atom is -0.351 e. The lowest BCUT2D eigenvalue weighted by Gasteiger charge is -2.12. The SMILES string of the molecule is Cc1ccc(CNC(=O)[C@@H](N)CCc2ccccc2)cn1. The van der Waals surface area contributed by atoms with E-state index in [9.17, 15) is 4.79 Å². The average molecular weight is 283 g/mol. The highest BCUT2D eigenvalue weighted by atomic mass is 16.2. The zero-order valence-electron chi connectivity index (χ0n) is 12.3. The molecule has 1 atom stereocenters. The van der Waals surface area contributed by atoms with Crippen LogP contribution in [0.25, 0.3) is 0 Å². The molecular weight excluding hydrogens is 262 g/mol. The monoisotopic (exact) mass is 283 g/mol. The van der Waals surface area contributed by atoms with E-state index in [4.69, 9.17) is 5.73 Å². The van der Waals surface area contributed by atoms with Gasteiger partial charge in [-0.25, -0.2) is 0 Å². The number of rotatable bonds is 6. The Morgan fingerprint density at radius 1 is 1.19 bits per heavy atom. The Balaban J connectivity index is 1.76. The largest absolute Gasteiger partial charge is 0.351 e. The second-order valence-electron chi connectivity index (χ2n) is 5.16. The molecule has 0 bridgehead atoms. The molecule has 0 aliphatic rings. The molecule has 2 rings (SSSR count). The van der Waals surface area contributed by atoms with Crippen molar-refractivity contribution in [2.24, 2.45) is 5.73 Å². The summed E-state index contributed by atoms with van der Waals surface area (Å²) in [6, 6.07) is 13.5. The predicted octanol–water partition coefficient (Wildman–Crippen LogP) is 1.97. The molecule has 3 N–H and O–H groups in total. The number of nitrogens with two attached hydrogens (primary N) is 1. The molecule has 4 heteroatoms. The molecule has 1 amide bonds. The number of aromatic nitrogens is 1. The Bertz CT molecular complexity index is 566. The van der Waals surface area contributed by atoms with E-state index in [0.29, 0.717) is 13.0 Å². The van der Waals surface area contributed by atoms with Gasteiger partial charge in [-0.2, -0.15) is 0 Å². The summed E-state index contributed by atoms with van der Waals surface area (Å²) in [4.78, 5) is 16.1. The van der Waals surface area contributed by atoms with Gasteiger partial charge in [0.15, 0.2) is 0 Å². The van der Waals surface area contributed by atoms with Crippen LogP contribution in [-0.4, -0.2) is 16.9 Å². The van der Waals surface area contributed by atoms with Gasteiger partial charge >= 0.3 is 0 Å². The number of aryl methyl sites for hydroxylation is 2. The molecule has 4 nitrogen and oxygen atoms in total. The first-order chi connectivity index (χ1) is 10.1. The third kappa shape index (κ3) is 5.00. The maximum Gasteiger partial charge on any atom is 0.237 e. The Hall–Kier alpha value is -2.20. The van der Waals surface area contributed by atoms with Gasteiger partial charge in [-0.3, -0.25) is 9.78 Å². The van der Waals surface area contributed by atoms with Crippen LogP contribution in [0.4, 0.5) is 0 Å². The van der Waals surface area contributed by atoms with Gasteiger partial charge in [0.1, 0.15) is 0 Å². The first-order valence-electron chi connectivity index (χ1n) is 7.14. The van der Waals surface area contributed by atoms with Crippen LogP contribution < -0.4 is 11.1 Å². The van der Waals surface area contributed by atoms with Gasteiger partial charge < -0.3 is 11.1 Å². The van der Waals surface area contributed by atoms with Gasteiger partial charge in [0.05, 0.1) is 6.04 Å². The molecule has 0 saturated carbocycles. The van der Waals surface area contributed by atoms with Crippen molar-refractivity contribution in [1.82, 2.24) is 10.3 Å². The Kier molecular flexibility index (Phi) is 5.46. The average Bonchev–Trinajstić information content (AvgIpc) is 2.52. The van der Waals surface area contributed by atoms with Gasteiger partial charge in [0.25, 0.3) is 0 Å². The Morgan fingerprint density at radius 2 is 1.95 bits per heavy atom. The van der Waals surface area contributed by atoms with Crippen molar-refractivity contribution in [3.05, 3.63) is 65.5 Å². The van der Waals surface area contributed by atoms with Crippen molar-refractivity contribution in [1.29, 1.82) is 0 Å². The first kappa shape index (κ1) is 15.2. The summed E-state index contributed by atoms with van der Waals surface area (Å²) in [6.07, 6.45) is 3.22. The highest BCUT2D eigenvalue weighted by Crippen LogP contribution is 2.04. The van der Waals surface area contributed by atoms with Crippen LogP contribution in [0, 0.1) is 6.92 Å². The molecule has 2 aromatic rings. The van der Waals surface area contributed by atoms with E-state index in [0.717, 1.165) is 17.7 Å². The van der Waals surface area contributed by atoms with Crippen LogP contribution in [0.15, 0.2) is 48.7 Å². The highest BCUT2D eigenvalue weighted by molar-refractivity contribution is 5.81. The number of nitrogens with one attached hydrogen (secondary N) is 1. The lowest BCUT2D eigenvalue weighted by atomic mass is 10.1. The van der Waals surface area contributed by atoms with E-state index in [2.05, 4.69) is 10.3 Å². The smallest absolute Gasteiger partial charge is 0.237 e. The normalized spacial score (nSPS) is 11.9. The molecule has 0 radical (unpaired) electrons. The molecule has 1 aromatic heterocycles. The number of carbonyl (C=O) groups is 1. The quantitative estimate of drug-likeness (QED) is 0.851. The van der Waals surface area contributed by atoms with Crippen molar-refractivity contribution in [3.63, 3.8) is 0 Å². The second-order valence-corrected chi connectivity index (χ2v) is 5.16. The molecular formula is C17H21N3O. The molecule has 0 spiro atoms. The van der Waals surface area contributed by atoms with E-state index in [-0.39, 0.29) is 5.91 Å². The van der Waals surface area contributed by atoms with E-state index < -0.39 is 6.04 Å². The van der Waals surface area contributed by atoms with Crippen molar-refractivity contribution < 1.29 is 4.79 Å². The third-order valence-corrected chi connectivity index (χ3v) is 3.36. The second kappa shape index (κ2) is 7.55. The fraction of sp³-hybridized carbons (Fsp3) is 0.294. The van der Waals surface area contributed by atoms with Crippen molar-refractivity contribution in [2.75, 3.05) is 0 Å². The summed E-state index contributed by atoms with van der Waals surface area (Å²) < 4.78 is 0. The Labute approximate surface area is 125 Å². The van der Waals surface area contributed by atoms with E-state index in [1.54, 1.807) is 6.20 Å². The molecule has 0 unspecified atom stereocenters. The van der Waals surface area contributed by atoms with Gasteiger partial charge in [-0.1, -0.05) is 36.4 Å². The topological polar surface area (TPSA) is 68.0 Å². The maximum absolute atomic E-state index is 11.9. The predicted molar refractivity (Wildman–Crippen MR) is 83.6 cm³/mol. The van der Waals surface area contributed by atoms with E-state index in [1.165, 1.54) is 5.56 Å². The van der Waals surface area contributed by atoms with E-state index >= 15 is 0 Å². The van der Waals surface area contributed by atoms with Crippen LogP contribution >= 0.6 is 0 Å². The zero-order chi connectivity index (χ0) is 15.1. The molecule has 0 saturated heterocycles. The van der Waals surface area contributed by atoms with Crippen LogP contribution in [-0.2, 0) is 17.8 Å². The molecule has 0 fully saturated rings. The number of hydrogen-bond acceptors (Lipinski definition) is 3. The van der Waals surface area contributed by atoms with Gasteiger partial charge in [-0.15, -0.1) is 0 Å². The van der Waals surface area contributed by atoms with Crippen LogP contribution in [0.1, 0.15) is 23.2 Å². The van der Waals surface area contributed by atoms with E-state index in [1.807, 2.05) is 49.4 Å². The van der Waals surface area contributed by atoms with Crippen molar-refractivity contribution in [3.8, 4) is 0 Å². The standard InChI is InChI=1S/C17H21N3O/c1-13-7-8-15(11-19-13)12-20-17(21)16(18)10-9-14-5-3-2-4-6-14/h2-8,11,16H,9-10,12,18H2,1H3,(H,20,21)/t16-/m0/s1. The number of pyridine rings is 1. The summed E-state index contributed by atoms with van der Waals surface area (Å²) in [5.41, 5.74) is 9.06. The molecule has 110 valence electrons. The zero-order valence-corrected chi connectivity index (χ0v) is 12.3. The lowest BCUT2D eigenvalue weighted by Crippen LogP contribution is -2.40. The summed E-state index contributed by atoms with van der Waals surface area (Å²) in [5.74, 6) is -0.119.